The molecule has 1 aromatic rings. The Hall–Kier alpha value is -0.530. The molecule has 0 aromatic heterocycles. The predicted molar refractivity (Wildman–Crippen MR) is 72.5 cm³/mol. The third-order valence-corrected chi connectivity index (χ3v) is 4.71. The van der Waals surface area contributed by atoms with Gasteiger partial charge in [0.05, 0.1) is 0 Å². The van der Waals surface area contributed by atoms with Crippen molar-refractivity contribution in [2.75, 3.05) is 6.54 Å². The van der Waals surface area contributed by atoms with E-state index in [0.29, 0.717) is 11.5 Å². The van der Waals surface area contributed by atoms with Crippen molar-refractivity contribution < 1.29 is 0 Å². The lowest BCUT2D eigenvalue weighted by molar-refractivity contribution is 0.468. The second-order valence-corrected chi connectivity index (χ2v) is 6.75. The van der Waals surface area contributed by atoms with Gasteiger partial charge in [-0.2, -0.15) is 0 Å². The molecule has 0 aliphatic heterocycles. The zero-order valence-corrected chi connectivity index (χ0v) is 11.3. The maximum atomic E-state index is 6.03. The van der Waals surface area contributed by atoms with E-state index in [2.05, 4.69) is 31.3 Å². The molecule has 1 N–H and O–H groups in total. The van der Waals surface area contributed by atoms with Gasteiger partial charge in [-0.25, -0.2) is 0 Å². The number of nitrogens with one attached hydrogen (secondary N) is 1. The van der Waals surface area contributed by atoms with Crippen LogP contribution in [-0.4, -0.2) is 12.6 Å². The lowest BCUT2D eigenvalue weighted by Gasteiger charge is -2.12. The van der Waals surface area contributed by atoms with Gasteiger partial charge in [-0.1, -0.05) is 31.5 Å². The van der Waals surface area contributed by atoms with Gasteiger partial charge in [-0.15, -0.1) is 0 Å². The Balaban J connectivity index is 1.56. The molecule has 2 atom stereocenters. The first-order valence-electron chi connectivity index (χ1n) is 6.55. The molecule has 2 heteroatoms. The number of benzene rings is 1. The molecular formula is C15H20ClN. The van der Waals surface area contributed by atoms with Crippen molar-refractivity contribution in [2.24, 2.45) is 11.3 Å². The zero-order valence-electron chi connectivity index (χ0n) is 10.6. The summed E-state index contributed by atoms with van der Waals surface area (Å²) in [5.41, 5.74) is 3.49. The van der Waals surface area contributed by atoms with E-state index in [9.17, 15) is 0 Å². The lowest BCUT2D eigenvalue weighted by atomic mass is 10.1. The third-order valence-electron chi connectivity index (χ3n) is 4.47. The molecule has 2 aliphatic rings. The number of halogens is 1. The summed E-state index contributed by atoms with van der Waals surface area (Å²) in [6.45, 7) is 5.91. The van der Waals surface area contributed by atoms with Gasteiger partial charge in [0.1, 0.15) is 0 Å². The summed E-state index contributed by atoms with van der Waals surface area (Å²) in [5.74, 6) is 0.884. The van der Waals surface area contributed by atoms with Gasteiger partial charge >= 0.3 is 0 Å². The molecule has 17 heavy (non-hydrogen) atoms. The van der Waals surface area contributed by atoms with Crippen molar-refractivity contribution in [3.8, 4) is 0 Å². The maximum Gasteiger partial charge on any atom is 0.0408 e. The molecule has 1 aromatic carbocycles. The summed E-state index contributed by atoms with van der Waals surface area (Å²) < 4.78 is 0. The topological polar surface area (TPSA) is 12.0 Å². The largest absolute Gasteiger partial charge is 0.313 e. The van der Waals surface area contributed by atoms with E-state index >= 15 is 0 Å². The number of hydrogen-bond acceptors (Lipinski definition) is 1. The van der Waals surface area contributed by atoms with E-state index in [1.54, 1.807) is 0 Å². The smallest absolute Gasteiger partial charge is 0.0408 e. The normalized spacial score (nSPS) is 29.1. The van der Waals surface area contributed by atoms with E-state index in [0.717, 1.165) is 17.4 Å². The average Bonchev–Trinajstić information content (AvgIpc) is 2.71. The first-order chi connectivity index (χ1) is 8.04. The monoisotopic (exact) mass is 249 g/mol. The van der Waals surface area contributed by atoms with Crippen LogP contribution in [0.1, 0.15) is 31.4 Å². The van der Waals surface area contributed by atoms with Crippen LogP contribution in [0.2, 0.25) is 5.02 Å². The van der Waals surface area contributed by atoms with Crippen LogP contribution in [0, 0.1) is 11.3 Å². The Kier molecular flexibility index (Phi) is 2.72. The van der Waals surface area contributed by atoms with Crippen LogP contribution in [0.5, 0.6) is 0 Å². The van der Waals surface area contributed by atoms with Gasteiger partial charge in [-0.3, -0.25) is 0 Å². The first-order valence-corrected chi connectivity index (χ1v) is 6.93. The van der Waals surface area contributed by atoms with Crippen LogP contribution < -0.4 is 5.32 Å². The summed E-state index contributed by atoms with van der Waals surface area (Å²) in [7, 11) is 0. The number of hydrogen-bond donors (Lipinski definition) is 1. The number of rotatable bonds is 3. The molecule has 0 radical (unpaired) electrons. The highest BCUT2D eigenvalue weighted by molar-refractivity contribution is 6.30. The van der Waals surface area contributed by atoms with Gasteiger partial charge in [0, 0.05) is 11.1 Å². The molecule has 0 bridgehead atoms. The quantitative estimate of drug-likeness (QED) is 0.865. The number of fused-ring (bicyclic) bond motifs is 1. The molecule has 2 unspecified atom stereocenters. The fourth-order valence-electron chi connectivity index (χ4n) is 2.96. The van der Waals surface area contributed by atoms with Crippen molar-refractivity contribution in [1.82, 2.24) is 5.32 Å². The van der Waals surface area contributed by atoms with Crippen molar-refractivity contribution >= 4 is 11.6 Å². The van der Waals surface area contributed by atoms with E-state index < -0.39 is 0 Å². The molecule has 1 saturated carbocycles. The average molecular weight is 250 g/mol. The Morgan fingerprint density at radius 2 is 2.00 bits per heavy atom. The molecule has 0 heterocycles. The molecule has 0 spiro atoms. The minimum absolute atomic E-state index is 0.585. The summed E-state index contributed by atoms with van der Waals surface area (Å²) in [6, 6.07) is 6.94. The van der Waals surface area contributed by atoms with Crippen LogP contribution in [0.3, 0.4) is 0 Å². The molecule has 1 fully saturated rings. The standard InChI is InChI=1S/C15H20ClN/c1-15(2)8-12(15)9-17-14-6-10-3-4-13(16)5-11(10)7-14/h3-5,12,14,17H,6-9H2,1-2H3. The van der Waals surface area contributed by atoms with E-state index in [4.69, 9.17) is 11.6 Å². The highest BCUT2D eigenvalue weighted by Crippen LogP contribution is 2.51. The van der Waals surface area contributed by atoms with E-state index in [1.165, 1.54) is 30.5 Å². The van der Waals surface area contributed by atoms with Crippen LogP contribution in [0.4, 0.5) is 0 Å². The Bertz CT molecular complexity index is 439. The van der Waals surface area contributed by atoms with Crippen molar-refractivity contribution in [2.45, 2.75) is 39.2 Å². The molecule has 0 amide bonds. The summed E-state index contributed by atoms with van der Waals surface area (Å²) in [4.78, 5) is 0. The molecule has 3 rings (SSSR count). The van der Waals surface area contributed by atoms with E-state index in [-0.39, 0.29) is 0 Å². The molecule has 1 nitrogen and oxygen atoms in total. The third kappa shape index (κ3) is 2.36. The van der Waals surface area contributed by atoms with Gasteiger partial charge in [0.25, 0.3) is 0 Å². The SMILES string of the molecule is CC1(C)CC1CNC1Cc2ccc(Cl)cc2C1. The van der Waals surface area contributed by atoms with Crippen molar-refractivity contribution in [1.29, 1.82) is 0 Å². The molecule has 92 valence electrons. The fourth-order valence-corrected chi connectivity index (χ4v) is 3.16. The summed E-state index contributed by atoms with van der Waals surface area (Å²) in [6.07, 6.45) is 3.69. The highest BCUT2D eigenvalue weighted by Gasteiger charge is 2.45. The van der Waals surface area contributed by atoms with Crippen molar-refractivity contribution in [3.05, 3.63) is 34.3 Å². The summed E-state index contributed by atoms with van der Waals surface area (Å²) >= 11 is 6.03. The Labute approximate surface area is 109 Å². The van der Waals surface area contributed by atoms with Gasteiger partial charge < -0.3 is 5.32 Å². The minimum Gasteiger partial charge on any atom is -0.313 e. The van der Waals surface area contributed by atoms with Crippen LogP contribution in [0.15, 0.2) is 18.2 Å². The maximum absolute atomic E-state index is 6.03. The Morgan fingerprint density at radius 3 is 2.71 bits per heavy atom. The van der Waals surface area contributed by atoms with Crippen molar-refractivity contribution in [3.63, 3.8) is 0 Å². The molecular weight excluding hydrogens is 230 g/mol. The lowest BCUT2D eigenvalue weighted by Crippen LogP contribution is -2.31. The fraction of sp³-hybridized carbons (Fsp3) is 0.600. The van der Waals surface area contributed by atoms with Gasteiger partial charge in [0.2, 0.25) is 0 Å². The second kappa shape index (κ2) is 4.00. The van der Waals surface area contributed by atoms with Crippen LogP contribution >= 0.6 is 11.6 Å². The Morgan fingerprint density at radius 1 is 1.29 bits per heavy atom. The van der Waals surface area contributed by atoms with E-state index in [1.807, 2.05) is 6.07 Å². The van der Waals surface area contributed by atoms with Gasteiger partial charge in [-0.05, 0) is 60.4 Å². The first kappa shape index (κ1) is 11.6. The highest BCUT2D eigenvalue weighted by atomic mass is 35.5. The van der Waals surface area contributed by atoms with Gasteiger partial charge in [0.15, 0.2) is 0 Å². The molecule has 0 saturated heterocycles. The second-order valence-electron chi connectivity index (χ2n) is 6.32. The summed E-state index contributed by atoms with van der Waals surface area (Å²) in [5, 5.41) is 4.59. The van der Waals surface area contributed by atoms with Crippen LogP contribution in [0.25, 0.3) is 0 Å². The zero-order chi connectivity index (χ0) is 12.0. The minimum atomic E-state index is 0.585. The van der Waals surface area contributed by atoms with Crippen LogP contribution in [-0.2, 0) is 12.8 Å². The predicted octanol–water partition coefficient (Wildman–Crippen LogP) is 3.44. The molecule has 2 aliphatic carbocycles.